The van der Waals surface area contributed by atoms with E-state index >= 15 is 0 Å². The number of hydrogen-bond donors (Lipinski definition) is 1. The lowest BCUT2D eigenvalue weighted by atomic mass is 9.82. The van der Waals surface area contributed by atoms with Gasteiger partial charge in [-0.2, -0.15) is 0 Å². The van der Waals surface area contributed by atoms with Crippen molar-refractivity contribution in [3.63, 3.8) is 0 Å². The Labute approximate surface area is 97.0 Å². The van der Waals surface area contributed by atoms with Gasteiger partial charge in [-0.25, -0.2) is 8.42 Å². The third kappa shape index (κ3) is 3.20. The summed E-state index contributed by atoms with van der Waals surface area (Å²) in [5, 5.41) is 9.20. The average Bonchev–Trinajstić information content (AvgIpc) is 2.42. The molecule has 1 atom stereocenters. The van der Waals surface area contributed by atoms with Crippen LogP contribution in [0.25, 0.3) is 0 Å². The molecular formula is C11H20O4S. The Morgan fingerprint density at radius 2 is 2.06 bits per heavy atom. The van der Waals surface area contributed by atoms with Gasteiger partial charge in [0.15, 0.2) is 9.84 Å². The van der Waals surface area contributed by atoms with Crippen LogP contribution in [-0.4, -0.2) is 31.0 Å². The normalized spacial score (nSPS) is 28.4. The molecule has 1 unspecified atom stereocenters. The van der Waals surface area contributed by atoms with E-state index in [9.17, 15) is 18.3 Å². The molecule has 1 aliphatic heterocycles. The molecule has 16 heavy (non-hydrogen) atoms. The van der Waals surface area contributed by atoms with Crippen molar-refractivity contribution in [1.29, 1.82) is 0 Å². The van der Waals surface area contributed by atoms with Gasteiger partial charge in [0.25, 0.3) is 0 Å². The fraction of sp³-hybridized carbons (Fsp3) is 0.909. The zero-order valence-corrected chi connectivity index (χ0v) is 10.7. The first kappa shape index (κ1) is 13.5. The van der Waals surface area contributed by atoms with Gasteiger partial charge in [0.05, 0.1) is 16.9 Å². The summed E-state index contributed by atoms with van der Waals surface area (Å²) in [6.07, 6.45) is 2.51. The van der Waals surface area contributed by atoms with Gasteiger partial charge in [0.1, 0.15) is 0 Å². The second kappa shape index (κ2) is 4.73. The van der Waals surface area contributed by atoms with Gasteiger partial charge in [-0.15, -0.1) is 0 Å². The first-order valence-electron chi connectivity index (χ1n) is 5.71. The molecule has 0 aromatic carbocycles. The molecule has 1 aliphatic rings. The van der Waals surface area contributed by atoms with Crippen LogP contribution in [0.15, 0.2) is 0 Å². The van der Waals surface area contributed by atoms with Crippen molar-refractivity contribution in [2.75, 3.05) is 11.5 Å². The summed E-state index contributed by atoms with van der Waals surface area (Å²) >= 11 is 0. The number of carbonyl (C=O) groups is 1. The monoisotopic (exact) mass is 248 g/mol. The van der Waals surface area contributed by atoms with E-state index < -0.39 is 21.2 Å². The van der Waals surface area contributed by atoms with Gasteiger partial charge in [-0.1, -0.05) is 26.7 Å². The quantitative estimate of drug-likeness (QED) is 0.804. The van der Waals surface area contributed by atoms with E-state index in [2.05, 4.69) is 13.8 Å². The summed E-state index contributed by atoms with van der Waals surface area (Å²) < 4.78 is 22.8. The first-order valence-corrected chi connectivity index (χ1v) is 7.53. The summed E-state index contributed by atoms with van der Waals surface area (Å²) in [5.41, 5.74) is -1.01. The maximum Gasteiger partial charge on any atom is 0.310 e. The van der Waals surface area contributed by atoms with Gasteiger partial charge in [0.2, 0.25) is 0 Å². The number of hydrogen-bond acceptors (Lipinski definition) is 3. The largest absolute Gasteiger partial charge is 0.481 e. The molecule has 4 nitrogen and oxygen atoms in total. The maximum atomic E-state index is 11.4. The lowest BCUT2D eigenvalue weighted by Crippen LogP contribution is -2.32. The van der Waals surface area contributed by atoms with Gasteiger partial charge < -0.3 is 5.11 Å². The van der Waals surface area contributed by atoms with E-state index in [0.717, 1.165) is 12.8 Å². The van der Waals surface area contributed by atoms with Crippen LogP contribution in [-0.2, 0) is 14.6 Å². The minimum atomic E-state index is -3.13. The van der Waals surface area contributed by atoms with E-state index in [1.807, 2.05) is 0 Å². The van der Waals surface area contributed by atoms with E-state index in [1.54, 1.807) is 0 Å². The van der Waals surface area contributed by atoms with Crippen molar-refractivity contribution < 1.29 is 18.3 Å². The zero-order chi connectivity index (χ0) is 12.4. The Hall–Kier alpha value is -0.580. The minimum Gasteiger partial charge on any atom is -0.481 e. The second-order valence-electron chi connectivity index (χ2n) is 5.21. The Kier molecular flexibility index (Phi) is 3.99. The number of carboxylic acid groups (broad SMARTS) is 1. The van der Waals surface area contributed by atoms with Crippen LogP contribution >= 0.6 is 0 Å². The smallest absolute Gasteiger partial charge is 0.310 e. The highest BCUT2D eigenvalue weighted by atomic mass is 32.2. The minimum absolute atomic E-state index is 0.0287. The highest BCUT2D eigenvalue weighted by Crippen LogP contribution is 2.37. The Bertz CT molecular complexity index is 358. The van der Waals surface area contributed by atoms with E-state index in [-0.39, 0.29) is 17.9 Å². The molecule has 1 heterocycles. The molecule has 0 aliphatic carbocycles. The SMILES string of the molecule is CC(C)CCCC1(C(=O)O)CCS(=O)(=O)C1. The molecule has 0 radical (unpaired) electrons. The molecule has 94 valence electrons. The van der Waals surface area contributed by atoms with Gasteiger partial charge in [0, 0.05) is 0 Å². The van der Waals surface area contributed by atoms with Crippen molar-refractivity contribution in [3.05, 3.63) is 0 Å². The van der Waals surface area contributed by atoms with Crippen molar-refractivity contribution in [2.45, 2.75) is 39.5 Å². The molecule has 0 amide bonds. The van der Waals surface area contributed by atoms with Crippen molar-refractivity contribution >= 4 is 15.8 Å². The van der Waals surface area contributed by atoms with Crippen LogP contribution in [0.5, 0.6) is 0 Å². The molecule has 0 aromatic rings. The number of sulfone groups is 1. The van der Waals surface area contributed by atoms with Crippen LogP contribution in [0.4, 0.5) is 0 Å². The van der Waals surface area contributed by atoms with Crippen molar-refractivity contribution in [2.24, 2.45) is 11.3 Å². The summed E-state index contributed by atoms with van der Waals surface area (Å²) in [7, 11) is -3.13. The summed E-state index contributed by atoms with van der Waals surface area (Å²) in [6, 6.07) is 0. The molecule has 1 rings (SSSR count). The van der Waals surface area contributed by atoms with Crippen LogP contribution in [0, 0.1) is 11.3 Å². The number of rotatable bonds is 5. The summed E-state index contributed by atoms with van der Waals surface area (Å²) in [4.78, 5) is 11.2. The third-order valence-electron chi connectivity index (χ3n) is 3.28. The summed E-state index contributed by atoms with van der Waals surface area (Å²) in [6.45, 7) is 4.16. The standard InChI is InChI=1S/C11H20O4S/c1-9(2)4-3-5-11(10(12)13)6-7-16(14,15)8-11/h9H,3-8H2,1-2H3,(H,12,13). The molecule has 1 fully saturated rings. The molecule has 1 N–H and O–H groups in total. The highest BCUT2D eigenvalue weighted by Gasteiger charge is 2.47. The predicted octanol–water partition coefficient (Wildman–Crippen LogP) is 1.70. The predicted molar refractivity (Wildman–Crippen MR) is 62.0 cm³/mol. The van der Waals surface area contributed by atoms with E-state index in [4.69, 9.17) is 0 Å². The lowest BCUT2D eigenvalue weighted by molar-refractivity contribution is -0.147. The Balaban J connectivity index is 2.66. The lowest BCUT2D eigenvalue weighted by Gasteiger charge is -2.22. The Morgan fingerprint density at radius 3 is 2.44 bits per heavy atom. The fourth-order valence-corrected chi connectivity index (χ4v) is 4.34. The maximum absolute atomic E-state index is 11.4. The molecule has 0 saturated carbocycles. The third-order valence-corrected chi connectivity index (χ3v) is 5.10. The average molecular weight is 248 g/mol. The zero-order valence-electron chi connectivity index (χ0n) is 9.90. The number of carboxylic acids is 1. The first-order chi connectivity index (χ1) is 7.27. The second-order valence-corrected chi connectivity index (χ2v) is 7.40. The topological polar surface area (TPSA) is 71.4 Å². The van der Waals surface area contributed by atoms with Crippen molar-refractivity contribution in [3.8, 4) is 0 Å². The number of aliphatic carboxylic acids is 1. The van der Waals surface area contributed by atoms with Gasteiger partial charge in [-0.05, 0) is 18.8 Å². The van der Waals surface area contributed by atoms with Gasteiger partial charge in [-0.3, -0.25) is 4.79 Å². The van der Waals surface area contributed by atoms with Crippen molar-refractivity contribution in [1.82, 2.24) is 0 Å². The van der Waals surface area contributed by atoms with Crippen LogP contribution < -0.4 is 0 Å². The Morgan fingerprint density at radius 1 is 1.44 bits per heavy atom. The van der Waals surface area contributed by atoms with E-state index in [0.29, 0.717) is 12.3 Å². The fourth-order valence-electron chi connectivity index (χ4n) is 2.24. The molecule has 0 bridgehead atoms. The van der Waals surface area contributed by atoms with Gasteiger partial charge >= 0.3 is 5.97 Å². The van der Waals surface area contributed by atoms with E-state index in [1.165, 1.54) is 0 Å². The molecule has 0 spiro atoms. The van der Waals surface area contributed by atoms with Crippen LogP contribution in [0.2, 0.25) is 0 Å². The summed E-state index contributed by atoms with van der Waals surface area (Å²) in [5.74, 6) is -0.560. The highest BCUT2D eigenvalue weighted by molar-refractivity contribution is 7.91. The molecule has 0 aromatic heterocycles. The van der Waals surface area contributed by atoms with Crippen LogP contribution in [0.1, 0.15) is 39.5 Å². The molecular weight excluding hydrogens is 228 g/mol. The molecule has 1 saturated heterocycles. The molecule has 5 heteroatoms. The van der Waals surface area contributed by atoms with Crippen LogP contribution in [0.3, 0.4) is 0 Å².